The van der Waals surface area contributed by atoms with E-state index in [9.17, 15) is 13.2 Å². The Bertz CT molecular complexity index is 570. The predicted octanol–water partition coefficient (Wildman–Crippen LogP) is 4.06. The van der Waals surface area contributed by atoms with Crippen LogP contribution in [0.2, 0.25) is 5.15 Å². The smallest absolute Gasteiger partial charge is 0.229 e. The second-order valence-corrected chi connectivity index (χ2v) is 5.63. The van der Waals surface area contributed by atoms with Crippen LogP contribution in [0.3, 0.4) is 0 Å². The average Bonchev–Trinajstić information content (AvgIpc) is 2.61. The van der Waals surface area contributed by atoms with E-state index in [1.807, 2.05) is 0 Å². The number of halogens is 4. The summed E-state index contributed by atoms with van der Waals surface area (Å²) in [5.74, 6) is 0.570. The van der Waals surface area contributed by atoms with Crippen molar-refractivity contribution in [2.24, 2.45) is 0 Å². The maximum atomic E-state index is 12.6. The van der Waals surface area contributed by atoms with Crippen molar-refractivity contribution in [2.45, 2.75) is 22.5 Å². The van der Waals surface area contributed by atoms with Crippen molar-refractivity contribution in [1.82, 2.24) is 14.3 Å². The van der Waals surface area contributed by atoms with E-state index in [4.69, 9.17) is 11.6 Å². The van der Waals surface area contributed by atoms with E-state index >= 15 is 0 Å². The lowest BCUT2D eigenvalue weighted by atomic mass is 10.3. The molecule has 0 aliphatic heterocycles. The monoisotopic (exact) mass is 311 g/mol. The lowest BCUT2D eigenvalue weighted by molar-refractivity contribution is -0.137. The Kier molecular flexibility index (Phi) is 3.79. The SMILES string of the molecule is Cc1nsc(Sc2cc(C(F)(F)F)cc(Cl)n2)n1. The molecule has 0 bridgehead atoms. The van der Waals surface area contributed by atoms with Crippen LogP contribution in [0.5, 0.6) is 0 Å². The van der Waals surface area contributed by atoms with Gasteiger partial charge in [-0.15, -0.1) is 0 Å². The van der Waals surface area contributed by atoms with Crippen molar-refractivity contribution < 1.29 is 13.2 Å². The standard InChI is InChI=1S/C9H5ClF3N3S2/c1-4-14-8(18-16-4)17-7-3-5(9(11,12)13)2-6(10)15-7/h2-3H,1H3. The van der Waals surface area contributed by atoms with Gasteiger partial charge in [0, 0.05) is 0 Å². The van der Waals surface area contributed by atoms with Gasteiger partial charge in [-0.2, -0.15) is 17.5 Å². The van der Waals surface area contributed by atoms with Crippen molar-refractivity contribution in [2.75, 3.05) is 0 Å². The molecule has 0 saturated carbocycles. The van der Waals surface area contributed by atoms with Crippen molar-refractivity contribution >= 4 is 34.9 Å². The van der Waals surface area contributed by atoms with E-state index in [0.717, 1.165) is 35.4 Å². The molecule has 0 N–H and O–H groups in total. The number of aromatic nitrogens is 3. The van der Waals surface area contributed by atoms with Crippen LogP contribution in [0.1, 0.15) is 11.4 Å². The van der Waals surface area contributed by atoms with Gasteiger partial charge in [-0.1, -0.05) is 11.6 Å². The van der Waals surface area contributed by atoms with Crippen molar-refractivity contribution in [3.8, 4) is 0 Å². The molecule has 2 rings (SSSR count). The van der Waals surface area contributed by atoms with Crippen LogP contribution in [0.25, 0.3) is 0 Å². The van der Waals surface area contributed by atoms with Gasteiger partial charge in [0.1, 0.15) is 16.0 Å². The molecule has 0 unspecified atom stereocenters. The van der Waals surface area contributed by atoms with Gasteiger partial charge in [-0.25, -0.2) is 9.97 Å². The largest absolute Gasteiger partial charge is 0.416 e. The third kappa shape index (κ3) is 3.33. The summed E-state index contributed by atoms with van der Waals surface area (Å²) in [5.41, 5.74) is -0.828. The predicted molar refractivity (Wildman–Crippen MR) is 63.0 cm³/mol. The van der Waals surface area contributed by atoms with E-state index in [0.29, 0.717) is 10.2 Å². The van der Waals surface area contributed by atoms with E-state index in [2.05, 4.69) is 14.3 Å². The molecule has 2 heterocycles. The third-order valence-corrected chi connectivity index (χ3v) is 3.75. The molecular formula is C9H5ClF3N3S2. The molecule has 96 valence electrons. The molecule has 0 radical (unpaired) electrons. The highest BCUT2D eigenvalue weighted by Crippen LogP contribution is 2.35. The summed E-state index contributed by atoms with van der Waals surface area (Å²) in [6, 6.07) is 1.73. The summed E-state index contributed by atoms with van der Waals surface area (Å²) >= 11 is 7.67. The Labute approximate surface area is 114 Å². The van der Waals surface area contributed by atoms with Gasteiger partial charge < -0.3 is 0 Å². The molecule has 2 aromatic heterocycles. The highest BCUT2D eigenvalue weighted by molar-refractivity contribution is 8.00. The van der Waals surface area contributed by atoms with Gasteiger partial charge in [0.15, 0.2) is 4.34 Å². The van der Waals surface area contributed by atoms with Crippen LogP contribution in [-0.4, -0.2) is 14.3 Å². The Morgan fingerprint density at radius 1 is 1.28 bits per heavy atom. The minimum atomic E-state index is -4.45. The second kappa shape index (κ2) is 5.02. The Hall–Kier alpha value is -0.860. The third-order valence-electron chi connectivity index (χ3n) is 1.80. The Morgan fingerprint density at radius 3 is 2.56 bits per heavy atom. The zero-order chi connectivity index (χ0) is 13.3. The first-order valence-electron chi connectivity index (χ1n) is 4.57. The van der Waals surface area contributed by atoms with Crippen LogP contribution in [0.15, 0.2) is 21.5 Å². The van der Waals surface area contributed by atoms with Gasteiger partial charge >= 0.3 is 6.18 Å². The van der Waals surface area contributed by atoms with E-state index in [1.165, 1.54) is 0 Å². The molecule has 0 fully saturated rings. The highest BCUT2D eigenvalue weighted by atomic mass is 35.5. The molecule has 9 heteroatoms. The molecule has 0 aliphatic carbocycles. The van der Waals surface area contributed by atoms with Gasteiger partial charge in [0.2, 0.25) is 0 Å². The minimum Gasteiger partial charge on any atom is -0.229 e. The summed E-state index contributed by atoms with van der Waals surface area (Å²) in [6.45, 7) is 1.70. The average molecular weight is 312 g/mol. The number of pyridine rings is 1. The van der Waals surface area contributed by atoms with E-state index < -0.39 is 11.7 Å². The molecule has 2 aromatic rings. The first-order chi connectivity index (χ1) is 8.34. The summed E-state index contributed by atoms with van der Waals surface area (Å²) in [6.07, 6.45) is -4.45. The zero-order valence-corrected chi connectivity index (χ0v) is 11.2. The van der Waals surface area contributed by atoms with Crippen LogP contribution < -0.4 is 0 Å². The zero-order valence-electron chi connectivity index (χ0n) is 8.82. The fourth-order valence-electron chi connectivity index (χ4n) is 1.10. The molecule has 18 heavy (non-hydrogen) atoms. The van der Waals surface area contributed by atoms with Crippen LogP contribution in [0.4, 0.5) is 13.2 Å². The first-order valence-corrected chi connectivity index (χ1v) is 6.54. The molecule has 0 aromatic carbocycles. The minimum absolute atomic E-state index is 0.144. The molecule has 0 spiro atoms. The maximum absolute atomic E-state index is 12.6. The molecule has 0 atom stereocenters. The van der Waals surface area contributed by atoms with Gasteiger partial charge in [0.25, 0.3) is 0 Å². The summed E-state index contributed by atoms with van der Waals surface area (Å²) in [4.78, 5) is 7.85. The summed E-state index contributed by atoms with van der Waals surface area (Å²) in [7, 11) is 0. The second-order valence-electron chi connectivity index (χ2n) is 3.22. The van der Waals surface area contributed by atoms with Crippen molar-refractivity contribution in [3.63, 3.8) is 0 Å². The first kappa shape index (κ1) is 13.6. The number of rotatable bonds is 2. The molecule has 0 aliphatic rings. The van der Waals surface area contributed by atoms with Gasteiger partial charge in [-0.3, -0.25) is 0 Å². The number of hydrogen-bond donors (Lipinski definition) is 0. The lowest BCUT2D eigenvalue weighted by Crippen LogP contribution is -2.05. The normalized spacial score (nSPS) is 11.8. The van der Waals surface area contributed by atoms with Crippen molar-refractivity contribution in [3.05, 3.63) is 28.7 Å². The fraction of sp³-hybridized carbons (Fsp3) is 0.222. The van der Waals surface area contributed by atoms with Crippen molar-refractivity contribution in [1.29, 1.82) is 0 Å². The van der Waals surface area contributed by atoms with Gasteiger partial charge in [0.05, 0.1) is 5.56 Å². The Morgan fingerprint density at radius 2 is 2.00 bits per heavy atom. The maximum Gasteiger partial charge on any atom is 0.416 e. The van der Waals surface area contributed by atoms with Crippen LogP contribution in [-0.2, 0) is 6.18 Å². The number of hydrogen-bond acceptors (Lipinski definition) is 5. The van der Waals surface area contributed by atoms with Gasteiger partial charge in [-0.05, 0) is 42.4 Å². The molecule has 3 nitrogen and oxygen atoms in total. The number of nitrogens with zero attached hydrogens (tertiary/aromatic N) is 3. The summed E-state index contributed by atoms with van der Waals surface area (Å²) < 4.78 is 42.2. The fourth-order valence-corrected chi connectivity index (χ4v) is 2.98. The molecule has 0 saturated heterocycles. The van der Waals surface area contributed by atoms with E-state index in [1.54, 1.807) is 6.92 Å². The quantitative estimate of drug-likeness (QED) is 0.784. The summed E-state index contributed by atoms with van der Waals surface area (Å²) in [5, 5.41) is -0.0560. The lowest BCUT2D eigenvalue weighted by Gasteiger charge is -2.07. The molecule has 0 amide bonds. The van der Waals surface area contributed by atoms with Crippen LogP contribution in [0, 0.1) is 6.92 Å². The number of aryl methyl sites for hydroxylation is 1. The van der Waals surface area contributed by atoms with Crippen LogP contribution >= 0.6 is 34.9 Å². The highest BCUT2D eigenvalue weighted by Gasteiger charge is 2.31. The molecular weight excluding hydrogens is 307 g/mol. The number of alkyl halides is 3. The Balaban J connectivity index is 2.31. The topological polar surface area (TPSA) is 38.7 Å². The van der Waals surface area contributed by atoms with E-state index in [-0.39, 0.29) is 10.2 Å².